The number of hydrogen-bond donors (Lipinski definition) is 0. The maximum Gasteiger partial charge on any atom is 0.132 e. The molecule has 4 rings (SSSR count). The Balaban J connectivity index is 1.97. The molecule has 0 saturated carbocycles. The van der Waals surface area contributed by atoms with Gasteiger partial charge >= 0.3 is 0 Å². The molecule has 2 aromatic carbocycles. The van der Waals surface area contributed by atoms with Crippen LogP contribution in [0, 0.1) is 5.82 Å². The van der Waals surface area contributed by atoms with Gasteiger partial charge in [-0.15, -0.1) is 0 Å². The third kappa shape index (κ3) is 2.32. The molecule has 0 bridgehead atoms. The summed E-state index contributed by atoms with van der Waals surface area (Å²) >= 11 is 6.21. The molecule has 4 heteroatoms. The lowest BCUT2D eigenvalue weighted by atomic mass is 9.85. The molecule has 2 aliphatic rings. The summed E-state index contributed by atoms with van der Waals surface area (Å²) < 4.78 is 14.3. The lowest BCUT2D eigenvalue weighted by molar-refractivity contribution is 0.625. The molecule has 1 atom stereocenters. The van der Waals surface area contributed by atoms with Gasteiger partial charge in [-0.25, -0.2) is 4.39 Å². The molecule has 2 heterocycles. The van der Waals surface area contributed by atoms with Crippen LogP contribution in [0.25, 0.3) is 0 Å². The SMILES string of the molecule is CC1=NC=C2CN=C(c3ccccc3F)c3cc(Cl)ccc3C21. The minimum Gasteiger partial charge on any atom is -0.279 e. The molecule has 0 amide bonds. The van der Waals surface area contributed by atoms with E-state index in [9.17, 15) is 4.39 Å². The zero-order chi connectivity index (χ0) is 16.0. The molecule has 114 valence electrons. The van der Waals surface area contributed by atoms with Crippen molar-refractivity contribution in [3.63, 3.8) is 0 Å². The Morgan fingerprint density at radius 2 is 1.96 bits per heavy atom. The minimum absolute atomic E-state index is 0.107. The number of fused-ring (bicyclic) bond motifs is 3. The van der Waals surface area contributed by atoms with Crippen LogP contribution in [0.2, 0.25) is 5.02 Å². The van der Waals surface area contributed by atoms with Crippen molar-refractivity contribution in [2.75, 3.05) is 6.54 Å². The highest BCUT2D eigenvalue weighted by Crippen LogP contribution is 2.37. The van der Waals surface area contributed by atoms with Gasteiger partial charge in [-0.1, -0.05) is 29.8 Å². The number of benzene rings is 2. The molecule has 2 aliphatic heterocycles. The van der Waals surface area contributed by atoms with E-state index in [0.29, 0.717) is 22.8 Å². The van der Waals surface area contributed by atoms with Crippen LogP contribution in [0.5, 0.6) is 0 Å². The summed E-state index contributed by atoms with van der Waals surface area (Å²) in [6, 6.07) is 12.5. The van der Waals surface area contributed by atoms with Crippen LogP contribution in [0.15, 0.2) is 64.2 Å². The van der Waals surface area contributed by atoms with Crippen molar-refractivity contribution in [3.05, 3.63) is 81.8 Å². The van der Waals surface area contributed by atoms with Crippen molar-refractivity contribution < 1.29 is 4.39 Å². The number of halogens is 2. The van der Waals surface area contributed by atoms with E-state index < -0.39 is 0 Å². The molecule has 0 aliphatic carbocycles. The second-order valence-corrected chi connectivity index (χ2v) is 6.22. The van der Waals surface area contributed by atoms with Gasteiger partial charge in [0.05, 0.1) is 12.3 Å². The topological polar surface area (TPSA) is 24.7 Å². The van der Waals surface area contributed by atoms with E-state index in [1.807, 2.05) is 37.4 Å². The third-order valence-corrected chi connectivity index (χ3v) is 4.59. The van der Waals surface area contributed by atoms with Gasteiger partial charge in [0.15, 0.2) is 0 Å². The van der Waals surface area contributed by atoms with Crippen molar-refractivity contribution in [2.24, 2.45) is 9.98 Å². The molecule has 2 nitrogen and oxygen atoms in total. The molecular formula is C19H14ClFN2. The van der Waals surface area contributed by atoms with Crippen LogP contribution >= 0.6 is 11.6 Å². The second-order valence-electron chi connectivity index (χ2n) is 5.78. The predicted octanol–water partition coefficient (Wildman–Crippen LogP) is 4.77. The van der Waals surface area contributed by atoms with Crippen molar-refractivity contribution in [1.29, 1.82) is 0 Å². The third-order valence-electron chi connectivity index (χ3n) is 4.35. The van der Waals surface area contributed by atoms with Gasteiger partial charge in [0, 0.05) is 34.0 Å². The summed E-state index contributed by atoms with van der Waals surface area (Å²) in [6.45, 7) is 2.53. The van der Waals surface area contributed by atoms with Crippen molar-refractivity contribution >= 4 is 23.0 Å². The van der Waals surface area contributed by atoms with Crippen molar-refractivity contribution in [2.45, 2.75) is 12.8 Å². The normalized spacial score (nSPS) is 19.3. The summed E-state index contributed by atoms with van der Waals surface area (Å²) in [5, 5.41) is 0.618. The van der Waals surface area contributed by atoms with Gasteiger partial charge in [0.25, 0.3) is 0 Å². The van der Waals surface area contributed by atoms with E-state index in [1.165, 1.54) is 6.07 Å². The fourth-order valence-corrected chi connectivity index (χ4v) is 3.46. The van der Waals surface area contributed by atoms with Gasteiger partial charge in [-0.05, 0) is 42.3 Å². The Morgan fingerprint density at radius 1 is 1.13 bits per heavy atom. The smallest absolute Gasteiger partial charge is 0.132 e. The number of hydrogen-bond acceptors (Lipinski definition) is 2. The molecule has 1 unspecified atom stereocenters. The van der Waals surface area contributed by atoms with Gasteiger partial charge in [-0.2, -0.15) is 0 Å². The molecule has 0 radical (unpaired) electrons. The fourth-order valence-electron chi connectivity index (χ4n) is 3.28. The monoisotopic (exact) mass is 324 g/mol. The van der Waals surface area contributed by atoms with Gasteiger partial charge < -0.3 is 0 Å². The summed E-state index contributed by atoms with van der Waals surface area (Å²) in [5.74, 6) is -0.168. The minimum atomic E-state index is -0.274. The molecule has 23 heavy (non-hydrogen) atoms. The highest BCUT2D eigenvalue weighted by atomic mass is 35.5. The Labute approximate surface area is 139 Å². The predicted molar refractivity (Wildman–Crippen MR) is 92.3 cm³/mol. The van der Waals surface area contributed by atoms with Crippen LogP contribution in [0.3, 0.4) is 0 Å². The quantitative estimate of drug-likeness (QED) is 0.721. The largest absolute Gasteiger partial charge is 0.279 e. The first kappa shape index (κ1) is 14.3. The lowest BCUT2D eigenvalue weighted by Crippen LogP contribution is -2.13. The molecule has 0 N–H and O–H groups in total. The van der Waals surface area contributed by atoms with Gasteiger partial charge in [0.2, 0.25) is 0 Å². The Kier molecular flexibility index (Phi) is 3.38. The van der Waals surface area contributed by atoms with E-state index in [2.05, 4.69) is 4.99 Å². The summed E-state index contributed by atoms with van der Waals surface area (Å²) in [7, 11) is 0. The molecule has 0 saturated heterocycles. The standard InChI is InChI=1S/C19H14ClFN2/c1-11-18-12(9-22-11)10-23-19(15-4-2-3-5-17(15)21)16-8-13(20)6-7-14(16)18/h2-9,18H,10H2,1H3. The summed E-state index contributed by atoms with van der Waals surface area (Å²) in [6.07, 6.45) is 1.88. The van der Waals surface area contributed by atoms with E-state index in [1.54, 1.807) is 12.1 Å². The highest BCUT2D eigenvalue weighted by Gasteiger charge is 2.30. The number of nitrogens with zero attached hydrogens (tertiary/aromatic N) is 2. The van der Waals surface area contributed by atoms with Gasteiger partial charge in [-0.3, -0.25) is 9.98 Å². The van der Waals surface area contributed by atoms with Crippen molar-refractivity contribution in [3.8, 4) is 0 Å². The van der Waals surface area contributed by atoms with Crippen molar-refractivity contribution in [1.82, 2.24) is 0 Å². The molecule has 2 aromatic rings. The summed E-state index contributed by atoms with van der Waals surface area (Å²) in [4.78, 5) is 9.13. The maximum absolute atomic E-state index is 14.3. The Bertz CT molecular complexity index is 896. The molecule has 0 spiro atoms. The van der Waals surface area contributed by atoms with E-state index in [0.717, 1.165) is 22.4 Å². The van der Waals surface area contributed by atoms with Crippen LogP contribution in [0.4, 0.5) is 4.39 Å². The fraction of sp³-hybridized carbons (Fsp3) is 0.158. The molecule has 0 fully saturated rings. The number of aliphatic imine (C=N–C) groups is 2. The van der Waals surface area contributed by atoms with E-state index >= 15 is 0 Å². The Hall–Kier alpha value is -2.26. The highest BCUT2D eigenvalue weighted by molar-refractivity contribution is 6.31. The zero-order valence-corrected chi connectivity index (χ0v) is 13.3. The van der Waals surface area contributed by atoms with E-state index in [4.69, 9.17) is 16.6 Å². The van der Waals surface area contributed by atoms with Crippen LogP contribution < -0.4 is 0 Å². The van der Waals surface area contributed by atoms with E-state index in [-0.39, 0.29) is 11.7 Å². The Morgan fingerprint density at radius 3 is 2.78 bits per heavy atom. The molecule has 0 aromatic heterocycles. The zero-order valence-electron chi connectivity index (χ0n) is 12.6. The lowest BCUT2D eigenvalue weighted by Gasteiger charge is -2.17. The maximum atomic E-state index is 14.3. The van der Waals surface area contributed by atoms with Gasteiger partial charge in [0.1, 0.15) is 5.82 Å². The first-order chi connectivity index (χ1) is 11.1. The average molecular weight is 325 g/mol. The first-order valence-electron chi connectivity index (χ1n) is 7.47. The van der Waals surface area contributed by atoms with Crippen LogP contribution in [0.1, 0.15) is 29.5 Å². The first-order valence-corrected chi connectivity index (χ1v) is 7.85. The van der Waals surface area contributed by atoms with Crippen LogP contribution in [-0.4, -0.2) is 18.0 Å². The average Bonchev–Trinajstić information content (AvgIpc) is 2.82. The van der Waals surface area contributed by atoms with Crippen LogP contribution in [-0.2, 0) is 0 Å². The number of rotatable bonds is 1. The second kappa shape index (κ2) is 5.43. The molecular weight excluding hydrogens is 311 g/mol. The summed E-state index contributed by atoms with van der Waals surface area (Å²) in [5.41, 5.74) is 5.30.